The highest BCUT2D eigenvalue weighted by Crippen LogP contribution is 2.35. The topological polar surface area (TPSA) is 70.1 Å². The van der Waals surface area contributed by atoms with Crippen molar-refractivity contribution in [3.63, 3.8) is 0 Å². The molecule has 3 rings (SSSR count). The molecular formula is C16H25F3N2O4. The molecule has 9 heteroatoms. The van der Waals surface area contributed by atoms with Crippen molar-refractivity contribution in [3.05, 3.63) is 0 Å². The molecule has 1 amide bonds. The predicted molar refractivity (Wildman–Crippen MR) is 82.9 cm³/mol. The number of likely N-dealkylation sites (tertiary alicyclic amines) is 1. The summed E-state index contributed by atoms with van der Waals surface area (Å²) in [6, 6.07) is 0.411. The van der Waals surface area contributed by atoms with Crippen molar-refractivity contribution in [2.75, 3.05) is 33.3 Å². The van der Waals surface area contributed by atoms with Crippen molar-refractivity contribution in [1.82, 2.24) is 9.80 Å². The number of fused-ring (bicyclic) bond motifs is 1. The van der Waals surface area contributed by atoms with E-state index in [1.807, 2.05) is 0 Å². The van der Waals surface area contributed by atoms with Gasteiger partial charge in [0.25, 0.3) is 0 Å². The molecule has 25 heavy (non-hydrogen) atoms. The average molecular weight is 366 g/mol. The van der Waals surface area contributed by atoms with Gasteiger partial charge in [-0.15, -0.1) is 0 Å². The lowest BCUT2D eigenvalue weighted by Crippen LogP contribution is -2.60. The third-order valence-electron chi connectivity index (χ3n) is 5.14. The molecule has 3 aliphatic rings. The van der Waals surface area contributed by atoms with Crippen molar-refractivity contribution < 1.29 is 32.6 Å². The van der Waals surface area contributed by atoms with Gasteiger partial charge in [0, 0.05) is 25.6 Å². The molecule has 2 heterocycles. The SMILES string of the molecule is CC1CC(C(=O)N2CC[C@@H]3OCCN(C)[C@H]3C2)C1.O=C(O)C(F)(F)F. The minimum absolute atomic E-state index is 0.311. The number of carbonyl (C=O) groups is 2. The van der Waals surface area contributed by atoms with Gasteiger partial charge >= 0.3 is 12.1 Å². The highest BCUT2D eigenvalue weighted by molar-refractivity contribution is 5.80. The minimum atomic E-state index is -5.08. The monoisotopic (exact) mass is 366 g/mol. The fraction of sp³-hybridized carbons (Fsp3) is 0.875. The molecule has 1 saturated carbocycles. The lowest BCUT2D eigenvalue weighted by molar-refractivity contribution is -0.192. The molecule has 144 valence electrons. The number of nitrogens with zero attached hydrogens (tertiary/aromatic N) is 2. The molecular weight excluding hydrogens is 341 g/mol. The van der Waals surface area contributed by atoms with Gasteiger partial charge in [0.1, 0.15) is 0 Å². The zero-order chi connectivity index (χ0) is 18.8. The van der Waals surface area contributed by atoms with Gasteiger partial charge in [-0.2, -0.15) is 13.2 Å². The summed E-state index contributed by atoms with van der Waals surface area (Å²) in [5.74, 6) is -1.30. The highest BCUT2D eigenvalue weighted by Gasteiger charge is 2.40. The summed E-state index contributed by atoms with van der Waals surface area (Å²) in [6.07, 6.45) is -1.55. The molecule has 6 nitrogen and oxygen atoms in total. The Morgan fingerprint density at radius 1 is 1.20 bits per heavy atom. The smallest absolute Gasteiger partial charge is 0.475 e. The Morgan fingerprint density at radius 3 is 2.32 bits per heavy atom. The van der Waals surface area contributed by atoms with E-state index in [9.17, 15) is 18.0 Å². The van der Waals surface area contributed by atoms with Gasteiger partial charge in [-0.25, -0.2) is 4.79 Å². The maximum absolute atomic E-state index is 12.4. The number of rotatable bonds is 1. The van der Waals surface area contributed by atoms with Gasteiger partial charge < -0.3 is 14.7 Å². The molecule has 3 fully saturated rings. The van der Waals surface area contributed by atoms with Gasteiger partial charge in [0.15, 0.2) is 0 Å². The number of hydrogen-bond donors (Lipinski definition) is 1. The van der Waals surface area contributed by atoms with Gasteiger partial charge in [-0.1, -0.05) is 6.92 Å². The summed E-state index contributed by atoms with van der Waals surface area (Å²) in [5, 5.41) is 7.12. The van der Waals surface area contributed by atoms with Crippen LogP contribution < -0.4 is 0 Å². The molecule has 1 N–H and O–H groups in total. The molecule has 0 aromatic heterocycles. The van der Waals surface area contributed by atoms with E-state index in [1.165, 1.54) is 0 Å². The highest BCUT2D eigenvalue weighted by atomic mass is 19.4. The number of amides is 1. The lowest BCUT2D eigenvalue weighted by Gasteiger charge is -2.47. The molecule has 0 unspecified atom stereocenters. The number of alkyl halides is 3. The van der Waals surface area contributed by atoms with Crippen LogP contribution in [0.25, 0.3) is 0 Å². The fourth-order valence-corrected chi connectivity index (χ4v) is 3.60. The first-order valence-electron chi connectivity index (χ1n) is 8.50. The number of aliphatic carboxylic acids is 1. The number of carboxylic acid groups (broad SMARTS) is 1. The lowest BCUT2D eigenvalue weighted by atomic mass is 9.75. The quantitative estimate of drug-likeness (QED) is 0.763. The third kappa shape index (κ3) is 5.07. The second-order valence-electron chi connectivity index (χ2n) is 7.11. The van der Waals surface area contributed by atoms with Crippen molar-refractivity contribution in [3.8, 4) is 0 Å². The summed E-state index contributed by atoms with van der Waals surface area (Å²) in [6.45, 7) is 5.82. The fourth-order valence-electron chi connectivity index (χ4n) is 3.60. The zero-order valence-corrected chi connectivity index (χ0v) is 14.5. The third-order valence-corrected chi connectivity index (χ3v) is 5.14. The first-order chi connectivity index (χ1) is 11.6. The van der Waals surface area contributed by atoms with Crippen molar-refractivity contribution >= 4 is 11.9 Å². The number of piperidine rings is 1. The van der Waals surface area contributed by atoms with E-state index in [0.29, 0.717) is 24.0 Å². The van der Waals surface area contributed by atoms with E-state index in [2.05, 4.69) is 23.8 Å². The maximum atomic E-state index is 12.4. The number of morpholine rings is 1. The molecule has 2 atom stereocenters. The van der Waals surface area contributed by atoms with Gasteiger partial charge in [-0.05, 0) is 32.2 Å². The summed E-state index contributed by atoms with van der Waals surface area (Å²) >= 11 is 0. The number of carboxylic acids is 1. The predicted octanol–water partition coefficient (Wildman–Crippen LogP) is 1.60. The number of carbonyl (C=O) groups excluding carboxylic acids is 1. The van der Waals surface area contributed by atoms with Crippen LogP contribution in [-0.4, -0.2) is 78.4 Å². The van der Waals surface area contributed by atoms with Crippen LogP contribution in [0.2, 0.25) is 0 Å². The van der Waals surface area contributed by atoms with Crippen LogP contribution in [0, 0.1) is 11.8 Å². The second-order valence-corrected chi connectivity index (χ2v) is 7.11. The van der Waals surface area contributed by atoms with Gasteiger partial charge in [0.2, 0.25) is 5.91 Å². The normalized spacial score (nSPS) is 32.8. The van der Waals surface area contributed by atoms with Crippen LogP contribution in [-0.2, 0) is 14.3 Å². The van der Waals surface area contributed by atoms with Gasteiger partial charge in [0.05, 0.1) is 18.8 Å². The van der Waals surface area contributed by atoms with E-state index < -0.39 is 12.1 Å². The van der Waals surface area contributed by atoms with Crippen LogP contribution in [0.15, 0.2) is 0 Å². The Balaban J connectivity index is 0.000000277. The van der Waals surface area contributed by atoms with Crippen molar-refractivity contribution in [2.45, 2.75) is 44.5 Å². The summed E-state index contributed by atoms with van der Waals surface area (Å²) in [5.41, 5.74) is 0. The number of hydrogen-bond acceptors (Lipinski definition) is 4. The number of likely N-dealkylation sites (N-methyl/N-ethyl adjacent to an activating group) is 1. The van der Waals surface area contributed by atoms with Crippen LogP contribution in [0.3, 0.4) is 0 Å². The number of ether oxygens (including phenoxy) is 1. The first-order valence-corrected chi connectivity index (χ1v) is 8.50. The molecule has 0 spiro atoms. The summed E-state index contributed by atoms with van der Waals surface area (Å²) in [4.78, 5) is 25.7. The van der Waals surface area contributed by atoms with E-state index >= 15 is 0 Å². The Morgan fingerprint density at radius 2 is 1.80 bits per heavy atom. The largest absolute Gasteiger partial charge is 0.490 e. The summed E-state index contributed by atoms with van der Waals surface area (Å²) < 4.78 is 37.6. The second kappa shape index (κ2) is 7.90. The molecule has 1 aliphatic carbocycles. The molecule has 2 saturated heterocycles. The molecule has 0 radical (unpaired) electrons. The Labute approximate surface area is 144 Å². The van der Waals surface area contributed by atoms with Crippen molar-refractivity contribution in [1.29, 1.82) is 0 Å². The first kappa shape index (κ1) is 20.0. The average Bonchev–Trinajstić information content (AvgIpc) is 2.51. The molecule has 2 aliphatic heterocycles. The molecule has 0 aromatic rings. The summed E-state index contributed by atoms with van der Waals surface area (Å²) in [7, 11) is 2.15. The zero-order valence-electron chi connectivity index (χ0n) is 14.5. The molecule has 0 bridgehead atoms. The minimum Gasteiger partial charge on any atom is -0.475 e. The number of halogens is 3. The van der Waals surface area contributed by atoms with Crippen LogP contribution in [0.5, 0.6) is 0 Å². The van der Waals surface area contributed by atoms with Crippen LogP contribution in [0.1, 0.15) is 26.2 Å². The van der Waals surface area contributed by atoms with E-state index in [1.54, 1.807) is 0 Å². The Bertz CT molecular complexity index is 494. The van der Waals surface area contributed by atoms with Crippen molar-refractivity contribution in [2.24, 2.45) is 11.8 Å². The Hall–Kier alpha value is -1.35. The van der Waals surface area contributed by atoms with E-state index in [0.717, 1.165) is 51.4 Å². The standard InChI is InChI=1S/C14H24N2O2.C2HF3O2/c1-10-7-11(8-10)14(17)16-4-3-13-12(9-16)15(2)5-6-18-13;3-2(4,5)1(6)7/h10-13H,3-9H2,1-2H3;(H,6,7)/t10?,11?,12-,13-;/m0./s1. The van der Waals surface area contributed by atoms with Crippen LogP contribution in [0.4, 0.5) is 13.2 Å². The Kier molecular flexibility index (Phi) is 6.31. The molecule has 0 aromatic carbocycles. The maximum Gasteiger partial charge on any atom is 0.490 e. The van der Waals surface area contributed by atoms with Gasteiger partial charge in [-0.3, -0.25) is 9.69 Å². The van der Waals surface area contributed by atoms with Crippen LogP contribution >= 0.6 is 0 Å². The van der Waals surface area contributed by atoms with E-state index in [-0.39, 0.29) is 0 Å². The van der Waals surface area contributed by atoms with E-state index in [4.69, 9.17) is 14.6 Å².